The molecular formula is C14H19NO4. The van der Waals surface area contributed by atoms with E-state index < -0.39 is 11.9 Å². The molecule has 0 fully saturated rings. The maximum Gasteiger partial charge on any atom is 0.307 e. The third-order valence-electron chi connectivity index (χ3n) is 2.64. The second-order valence-corrected chi connectivity index (χ2v) is 5.40. The number of carboxylic acid groups (broad SMARTS) is 1. The molecule has 5 nitrogen and oxygen atoms in total. The summed E-state index contributed by atoms with van der Waals surface area (Å²) in [6, 6.07) is 5.35. The van der Waals surface area contributed by atoms with Crippen LogP contribution >= 0.6 is 0 Å². The van der Waals surface area contributed by atoms with E-state index in [1.807, 2.05) is 26.8 Å². The zero-order valence-corrected chi connectivity index (χ0v) is 11.4. The monoisotopic (exact) mass is 265 g/mol. The minimum atomic E-state index is -0.951. The van der Waals surface area contributed by atoms with Crippen LogP contribution in [0.3, 0.4) is 0 Å². The Balaban J connectivity index is 3.10. The van der Waals surface area contributed by atoms with Gasteiger partial charge in [0.2, 0.25) is 0 Å². The maximum absolute atomic E-state index is 10.8. The van der Waals surface area contributed by atoms with Crippen molar-refractivity contribution in [3.63, 3.8) is 0 Å². The summed E-state index contributed by atoms with van der Waals surface area (Å²) in [4.78, 5) is 21.6. The summed E-state index contributed by atoms with van der Waals surface area (Å²) in [7, 11) is 0. The van der Waals surface area contributed by atoms with Crippen molar-refractivity contribution < 1.29 is 19.4 Å². The van der Waals surface area contributed by atoms with Gasteiger partial charge >= 0.3 is 5.97 Å². The lowest BCUT2D eigenvalue weighted by atomic mass is 9.86. The van der Waals surface area contributed by atoms with Gasteiger partial charge in [-0.25, -0.2) is 0 Å². The highest BCUT2D eigenvalue weighted by molar-refractivity contribution is 5.75. The van der Waals surface area contributed by atoms with E-state index in [4.69, 9.17) is 15.6 Å². The molecular weight excluding hydrogens is 246 g/mol. The Kier molecular flexibility index (Phi) is 4.53. The second kappa shape index (κ2) is 5.73. The Morgan fingerprint density at radius 1 is 1.32 bits per heavy atom. The van der Waals surface area contributed by atoms with Crippen molar-refractivity contribution in [2.24, 2.45) is 5.73 Å². The molecule has 1 amide bonds. The number of benzene rings is 1. The Morgan fingerprint density at radius 2 is 1.95 bits per heavy atom. The van der Waals surface area contributed by atoms with Gasteiger partial charge in [-0.1, -0.05) is 32.9 Å². The Morgan fingerprint density at radius 3 is 2.42 bits per heavy atom. The van der Waals surface area contributed by atoms with E-state index in [1.54, 1.807) is 12.1 Å². The first-order valence-corrected chi connectivity index (χ1v) is 5.96. The predicted octanol–water partition coefficient (Wildman–Crippen LogP) is 1.48. The number of carbonyl (C=O) groups is 2. The first-order valence-electron chi connectivity index (χ1n) is 5.96. The average molecular weight is 265 g/mol. The van der Waals surface area contributed by atoms with E-state index in [9.17, 15) is 9.59 Å². The summed E-state index contributed by atoms with van der Waals surface area (Å²) in [5.41, 5.74) is 6.47. The SMILES string of the molecule is CC(C)(C)c1ccc(CC(=O)O)c(OCC(N)=O)c1. The molecule has 0 aliphatic rings. The summed E-state index contributed by atoms with van der Waals surface area (Å²) < 4.78 is 5.30. The molecule has 104 valence electrons. The molecule has 0 aliphatic heterocycles. The quantitative estimate of drug-likeness (QED) is 0.843. The lowest BCUT2D eigenvalue weighted by Crippen LogP contribution is -2.21. The molecule has 0 radical (unpaired) electrons. The lowest BCUT2D eigenvalue weighted by Gasteiger charge is -2.21. The number of carbonyl (C=O) groups excluding carboxylic acids is 1. The number of ether oxygens (including phenoxy) is 1. The fourth-order valence-electron chi connectivity index (χ4n) is 1.61. The first kappa shape index (κ1) is 15.0. The van der Waals surface area contributed by atoms with Gasteiger partial charge in [-0.2, -0.15) is 0 Å². The summed E-state index contributed by atoms with van der Waals surface area (Å²) in [6.07, 6.45) is -0.154. The van der Waals surface area contributed by atoms with E-state index in [-0.39, 0.29) is 18.4 Å². The van der Waals surface area contributed by atoms with Crippen LogP contribution in [-0.4, -0.2) is 23.6 Å². The lowest BCUT2D eigenvalue weighted by molar-refractivity contribution is -0.136. The van der Waals surface area contributed by atoms with E-state index in [0.29, 0.717) is 11.3 Å². The van der Waals surface area contributed by atoms with Crippen LogP contribution in [0.5, 0.6) is 5.75 Å². The molecule has 0 saturated heterocycles. The molecule has 1 aromatic carbocycles. The number of aliphatic carboxylic acids is 1. The number of amides is 1. The predicted molar refractivity (Wildman–Crippen MR) is 71.2 cm³/mol. The van der Waals surface area contributed by atoms with Crippen molar-refractivity contribution in [1.29, 1.82) is 0 Å². The smallest absolute Gasteiger partial charge is 0.307 e. The summed E-state index contributed by atoms with van der Waals surface area (Å²) in [6.45, 7) is 5.85. The number of hydrogen-bond acceptors (Lipinski definition) is 3. The second-order valence-electron chi connectivity index (χ2n) is 5.40. The van der Waals surface area contributed by atoms with Gasteiger partial charge in [0.15, 0.2) is 6.61 Å². The van der Waals surface area contributed by atoms with Crippen LogP contribution < -0.4 is 10.5 Å². The highest BCUT2D eigenvalue weighted by atomic mass is 16.5. The Labute approximate surface area is 112 Å². The zero-order valence-electron chi connectivity index (χ0n) is 11.4. The highest BCUT2D eigenvalue weighted by Crippen LogP contribution is 2.29. The minimum absolute atomic E-state index is 0.0907. The van der Waals surface area contributed by atoms with Gasteiger partial charge in [0, 0.05) is 5.56 Å². The number of hydrogen-bond donors (Lipinski definition) is 2. The zero-order chi connectivity index (χ0) is 14.6. The van der Waals surface area contributed by atoms with E-state index in [2.05, 4.69) is 0 Å². The molecule has 3 N–H and O–H groups in total. The van der Waals surface area contributed by atoms with Crippen molar-refractivity contribution in [3.8, 4) is 5.75 Å². The normalized spacial score (nSPS) is 11.1. The summed E-state index contributed by atoms with van der Waals surface area (Å²) in [5, 5.41) is 8.85. The van der Waals surface area contributed by atoms with E-state index in [0.717, 1.165) is 5.56 Å². The number of primary amides is 1. The van der Waals surface area contributed by atoms with Gasteiger partial charge in [-0.15, -0.1) is 0 Å². The van der Waals surface area contributed by atoms with Crippen LogP contribution in [0.25, 0.3) is 0 Å². The van der Waals surface area contributed by atoms with E-state index >= 15 is 0 Å². The van der Waals surface area contributed by atoms with Crippen molar-refractivity contribution in [1.82, 2.24) is 0 Å². The molecule has 19 heavy (non-hydrogen) atoms. The molecule has 5 heteroatoms. The van der Waals surface area contributed by atoms with Crippen molar-refractivity contribution >= 4 is 11.9 Å². The van der Waals surface area contributed by atoms with Gasteiger partial charge in [0.05, 0.1) is 6.42 Å². The van der Waals surface area contributed by atoms with Crippen LogP contribution in [0.1, 0.15) is 31.9 Å². The average Bonchev–Trinajstić information content (AvgIpc) is 2.25. The fraction of sp³-hybridized carbons (Fsp3) is 0.429. The molecule has 1 aromatic rings. The first-order chi connectivity index (χ1) is 8.70. The van der Waals surface area contributed by atoms with Crippen molar-refractivity contribution in [3.05, 3.63) is 29.3 Å². The summed E-state index contributed by atoms with van der Waals surface area (Å²) in [5.74, 6) is -1.15. The molecule has 0 aliphatic carbocycles. The molecule has 1 rings (SSSR count). The summed E-state index contributed by atoms with van der Waals surface area (Å²) >= 11 is 0. The van der Waals surface area contributed by atoms with Crippen LogP contribution in [-0.2, 0) is 21.4 Å². The number of rotatable bonds is 5. The van der Waals surface area contributed by atoms with Crippen LogP contribution in [0, 0.1) is 0 Å². The topological polar surface area (TPSA) is 89.6 Å². The highest BCUT2D eigenvalue weighted by Gasteiger charge is 2.17. The molecule has 0 bridgehead atoms. The van der Waals surface area contributed by atoms with Gasteiger partial charge in [-0.3, -0.25) is 9.59 Å². The number of nitrogens with two attached hydrogens (primary N) is 1. The number of carboxylic acids is 1. The molecule has 0 unspecified atom stereocenters. The van der Waals surface area contributed by atoms with Gasteiger partial charge in [-0.05, 0) is 17.0 Å². The largest absolute Gasteiger partial charge is 0.483 e. The van der Waals surface area contributed by atoms with Gasteiger partial charge in [0.25, 0.3) is 5.91 Å². The maximum atomic E-state index is 10.8. The third kappa shape index (κ3) is 4.62. The van der Waals surface area contributed by atoms with Crippen molar-refractivity contribution in [2.75, 3.05) is 6.61 Å². The molecule has 0 saturated carbocycles. The standard InChI is InChI=1S/C14H19NO4/c1-14(2,3)10-5-4-9(6-13(17)18)11(7-10)19-8-12(15)16/h4-5,7H,6,8H2,1-3H3,(H2,15,16)(H,17,18). The third-order valence-corrected chi connectivity index (χ3v) is 2.64. The fourth-order valence-corrected chi connectivity index (χ4v) is 1.61. The van der Waals surface area contributed by atoms with Crippen LogP contribution in [0.2, 0.25) is 0 Å². The molecule has 0 atom stereocenters. The molecule has 0 aromatic heterocycles. The van der Waals surface area contributed by atoms with Crippen LogP contribution in [0.15, 0.2) is 18.2 Å². The minimum Gasteiger partial charge on any atom is -0.483 e. The molecule has 0 spiro atoms. The van der Waals surface area contributed by atoms with Gasteiger partial charge in [0.1, 0.15) is 5.75 Å². The van der Waals surface area contributed by atoms with E-state index in [1.165, 1.54) is 0 Å². The van der Waals surface area contributed by atoms with Gasteiger partial charge < -0.3 is 15.6 Å². The Hall–Kier alpha value is -2.04. The molecule has 0 heterocycles. The van der Waals surface area contributed by atoms with Crippen LogP contribution in [0.4, 0.5) is 0 Å². The van der Waals surface area contributed by atoms with Crippen molar-refractivity contribution in [2.45, 2.75) is 32.6 Å². The Bertz CT molecular complexity index is 489.